The molecule has 0 unspecified atom stereocenters. The first-order chi connectivity index (χ1) is 7.02. The highest BCUT2D eigenvalue weighted by molar-refractivity contribution is 6.58. The molecule has 1 aromatic carbocycles. The summed E-state index contributed by atoms with van der Waals surface area (Å²) in [5.74, 6) is -0.592. The van der Waals surface area contributed by atoms with Gasteiger partial charge in [0.2, 0.25) is 6.08 Å². The van der Waals surface area contributed by atoms with Crippen LogP contribution in [0.15, 0.2) is 23.2 Å². The maximum absolute atomic E-state index is 12.7. The average Bonchev–Trinajstić information content (AvgIpc) is 2.22. The van der Waals surface area contributed by atoms with Gasteiger partial charge in [-0.15, -0.1) is 0 Å². The monoisotopic (exact) mass is 211 g/mol. The molecule has 0 bridgehead atoms. The molecule has 0 aromatic heterocycles. The molecule has 1 aromatic rings. The molecule has 0 aliphatic heterocycles. The van der Waals surface area contributed by atoms with Crippen LogP contribution in [0.5, 0.6) is 0 Å². The van der Waals surface area contributed by atoms with Gasteiger partial charge in [0.15, 0.2) is 0 Å². The molecule has 0 saturated heterocycles. The molecule has 2 N–H and O–H groups in total. The molecular formula is C9H11BFNO3. The van der Waals surface area contributed by atoms with Gasteiger partial charge in [-0.2, -0.15) is 0 Å². The first-order valence-corrected chi connectivity index (χ1v) is 4.11. The predicted molar refractivity (Wildman–Crippen MR) is 55.0 cm³/mol. The second-order valence-corrected chi connectivity index (χ2v) is 2.71. The standard InChI is InChI=1S/C7H8BFO2.C2H3NO/c1-5-2-3-7(9)6(4-5)8(10)11;1-3-2-4/h2-4,10-11H,1H3;1H3. The number of hydrogen-bond donors (Lipinski definition) is 2. The van der Waals surface area contributed by atoms with Gasteiger partial charge in [-0.3, -0.25) is 0 Å². The van der Waals surface area contributed by atoms with Crippen molar-refractivity contribution in [3.8, 4) is 0 Å². The van der Waals surface area contributed by atoms with Crippen LogP contribution >= 0.6 is 0 Å². The third-order valence-corrected chi connectivity index (χ3v) is 1.52. The van der Waals surface area contributed by atoms with Gasteiger partial charge in [0.05, 0.1) is 0 Å². The van der Waals surface area contributed by atoms with E-state index in [0.717, 1.165) is 5.56 Å². The van der Waals surface area contributed by atoms with E-state index >= 15 is 0 Å². The van der Waals surface area contributed by atoms with Crippen LogP contribution in [0.1, 0.15) is 5.56 Å². The fourth-order valence-electron chi connectivity index (χ4n) is 0.861. The van der Waals surface area contributed by atoms with Crippen molar-refractivity contribution >= 4 is 18.7 Å². The Labute approximate surface area is 87.2 Å². The highest BCUT2D eigenvalue weighted by Gasteiger charge is 2.15. The van der Waals surface area contributed by atoms with Crippen molar-refractivity contribution in [2.45, 2.75) is 6.92 Å². The van der Waals surface area contributed by atoms with Gasteiger partial charge >= 0.3 is 7.12 Å². The molecule has 0 fully saturated rings. The van der Waals surface area contributed by atoms with E-state index in [-0.39, 0.29) is 5.46 Å². The topological polar surface area (TPSA) is 69.9 Å². The van der Waals surface area contributed by atoms with Crippen molar-refractivity contribution in [1.82, 2.24) is 0 Å². The third-order valence-electron chi connectivity index (χ3n) is 1.52. The van der Waals surface area contributed by atoms with Crippen LogP contribution in [-0.4, -0.2) is 30.3 Å². The van der Waals surface area contributed by atoms with Crippen LogP contribution in [0.2, 0.25) is 0 Å². The molecule has 0 saturated carbocycles. The molecular weight excluding hydrogens is 200 g/mol. The van der Waals surface area contributed by atoms with E-state index in [9.17, 15) is 4.39 Å². The normalized spacial score (nSPS) is 8.33. The lowest BCUT2D eigenvalue weighted by Crippen LogP contribution is -2.32. The molecule has 0 atom stereocenters. The van der Waals surface area contributed by atoms with E-state index in [1.165, 1.54) is 25.3 Å². The number of isocyanates is 1. The number of nitrogens with zero attached hydrogens (tertiary/aromatic N) is 1. The maximum Gasteiger partial charge on any atom is 0.491 e. The van der Waals surface area contributed by atoms with E-state index < -0.39 is 12.9 Å². The van der Waals surface area contributed by atoms with E-state index in [0.29, 0.717) is 0 Å². The van der Waals surface area contributed by atoms with E-state index in [1.807, 2.05) is 0 Å². The van der Waals surface area contributed by atoms with Crippen LogP contribution in [0, 0.1) is 12.7 Å². The number of aryl methyl sites for hydroxylation is 1. The zero-order chi connectivity index (χ0) is 11.8. The number of rotatable bonds is 1. The van der Waals surface area contributed by atoms with Crippen molar-refractivity contribution < 1.29 is 19.2 Å². The van der Waals surface area contributed by atoms with Gasteiger partial charge in [0, 0.05) is 12.5 Å². The lowest BCUT2D eigenvalue weighted by Gasteiger charge is -2.01. The first-order valence-electron chi connectivity index (χ1n) is 4.11. The number of halogens is 1. The van der Waals surface area contributed by atoms with Crippen LogP contribution < -0.4 is 5.46 Å². The number of carbonyl (C=O) groups excluding carboxylic acids is 1. The zero-order valence-corrected chi connectivity index (χ0v) is 8.44. The molecule has 0 aliphatic rings. The van der Waals surface area contributed by atoms with Gasteiger partial charge in [-0.1, -0.05) is 17.7 Å². The smallest absolute Gasteiger partial charge is 0.423 e. The minimum atomic E-state index is -1.73. The van der Waals surface area contributed by atoms with E-state index in [2.05, 4.69) is 4.99 Å². The fraction of sp³-hybridized carbons (Fsp3) is 0.222. The third kappa shape index (κ3) is 5.07. The highest BCUT2D eigenvalue weighted by atomic mass is 19.1. The summed E-state index contributed by atoms with van der Waals surface area (Å²) in [7, 11) is -0.345. The second-order valence-electron chi connectivity index (χ2n) is 2.71. The van der Waals surface area contributed by atoms with Crippen LogP contribution in [0.3, 0.4) is 0 Å². The first kappa shape index (κ1) is 13.5. The summed E-state index contributed by atoms with van der Waals surface area (Å²) in [5, 5.41) is 17.3. The van der Waals surface area contributed by atoms with Crippen molar-refractivity contribution in [3.05, 3.63) is 29.6 Å². The summed E-state index contributed by atoms with van der Waals surface area (Å²) in [6.45, 7) is 1.76. The summed E-state index contributed by atoms with van der Waals surface area (Å²) in [5.41, 5.74) is 0.722. The Morgan fingerprint density at radius 2 is 2.00 bits per heavy atom. The number of benzene rings is 1. The molecule has 15 heavy (non-hydrogen) atoms. The Morgan fingerprint density at radius 3 is 2.33 bits per heavy atom. The lowest BCUT2D eigenvalue weighted by atomic mass is 9.79. The second kappa shape index (κ2) is 6.89. The van der Waals surface area contributed by atoms with Gasteiger partial charge < -0.3 is 10.0 Å². The number of aliphatic imine (C=N–C) groups is 1. The maximum atomic E-state index is 12.7. The SMILES string of the molecule is CN=C=O.Cc1ccc(F)c(B(O)O)c1. The molecule has 0 spiro atoms. The van der Waals surface area contributed by atoms with Crippen molar-refractivity contribution in [3.63, 3.8) is 0 Å². The van der Waals surface area contributed by atoms with E-state index in [1.54, 1.807) is 13.0 Å². The summed E-state index contributed by atoms with van der Waals surface area (Å²) < 4.78 is 12.7. The van der Waals surface area contributed by atoms with Gasteiger partial charge in [-0.05, 0) is 13.0 Å². The quantitative estimate of drug-likeness (QED) is 0.382. The van der Waals surface area contributed by atoms with Crippen molar-refractivity contribution in [2.75, 3.05) is 7.05 Å². The fourth-order valence-corrected chi connectivity index (χ4v) is 0.861. The Bertz CT molecular complexity index is 364. The molecule has 0 aliphatic carbocycles. The Morgan fingerprint density at radius 1 is 1.47 bits per heavy atom. The predicted octanol–water partition coefficient (Wildman–Crippen LogP) is -0.234. The number of hydrogen-bond acceptors (Lipinski definition) is 4. The lowest BCUT2D eigenvalue weighted by molar-refractivity contribution is 0.423. The van der Waals surface area contributed by atoms with Gasteiger partial charge in [0.1, 0.15) is 5.82 Å². The highest BCUT2D eigenvalue weighted by Crippen LogP contribution is 1.98. The van der Waals surface area contributed by atoms with Crippen LogP contribution in [-0.2, 0) is 4.79 Å². The molecule has 80 valence electrons. The largest absolute Gasteiger partial charge is 0.491 e. The molecule has 0 radical (unpaired) electrons. The van der Waals surface area contributed by atoms with Crippen LogP contribution in [0.25, 0.3) is 0 Å². The van der Waals surface area contributed by atoms with Crippen molar-refractivity contribution in [2.24, 2.45) is 4.99 Å². The average molecular weight is 211 g/mol. The summed E-state index contributed by atoms with van der Waals surface area (Å²) in [6, 6.07) is 4.19. The van der Waals surface area contributed by atoms with Gasteiger partial charge in [-0.25, -0.2) is 14.2 Å². The molecule has 0 heterocycles. The van der Waals surface area contributed by atoms with Crippen molar-refractivity contribution in [1.29, 1.82) is 0 Å². The van der Waals surface area contributed by atoms with E-state index in [4.69, 9.17) is 14.8 Å². The summed E-state index contributed by atoms with van der Waals surface area (Å²) in [6.07, 6.45) is 1.31. The Balaban J connectivity index is 0.000000423. The molecule has 4 nitrogen and oxygen atoms in total. The van der Waals surface area contributed by atoms with Crippen LogP contribution in [0.4, 0.5) is 4.39 Å². The molecule has 0 amide bonds. The Hall–Kier alpha value is -1.49. The molecule has 6 heteroatoms. The molecule has 1 rings (SSSR count). The summed E-state index contributed by atoms with van der Waals surface area (Å²) >= 11 is 0. The zero-order valence-electron chi connectivity index (χ0n) is 8.44. The van der Waals surface area contributed by atoms with Gasteiger partial charge in [0.25, 0.3) is 0 Å². The Kier molecular flexibility index (Phi) is 6.21. The summed E-state index contributed by atoms with van der Waals surface area (Å²) in [4.78, 5) is 11.8. The minimum absolute atomic E-state index is 0.0787. The minimum Gasteiger partial charge on any atom is -0.423 e.